The van der Waals surface area contributed by atoms with Gasteiger partial charge in [0.2, 0.25) is 0 Å². The molecule has 0 aromatic carbocycles. The maximum Gasteiger partial charge on any atom is 0.308 e. The zero-order valence-corrected chi connectivity index (χ0v) is 10.3. The van der Waals surface area contributed by atoms with Crippen LogP contribution in [0.25, 0.3) is 0 Å². The number of esters is 1. The number of rotatable bonds is 4. The molecule has 0 saturated carbocycles. The van der Waals surface area contributed by atoms with E-state index < -0.39 is 17.6 Å². The Kier molecular flexibility index (Phi) is 5.29. The van der Waals surface area contributed by atoms with Crippen LogP contribution in [-0.4, -0.2) is 28.7 Å². The third-order valence-corrected chi connectivity index (χ3v) is 1.90. The molecule has 0 aliphatic rings. The first-order valence-corrected chi connectivity index (χ1v) is 5.44. The van der Waals surface area contributed by atoms with Crippen molar-refractivity contribution in [2.75, 3.05) is 5.33 Å². The molecule has 0 saturated heterocycles. The molecule has 0 fully saturated rings. The lowest BCUT2D eigenvalue weighted by Gasteiger charge is -2.20. The van der Waals surface area contributed by atoms with Gasteiger partial charge in [0.05, 0.1) is 17.8 Å². The van der Waals surface area contributed by atoms with Crippen LogP contribution in [0.3, 0.4) is 0 Å². The van der Waals surface area contributed by atoms with Crippen LogP contribution < -0.4 is 5.73 Å². The molecular formula is C9H16BrNO3. The average Bonchev–Trinajstić information content (AvgIpc) is 1.99. The molecule has 82 valence electrons. The zero-order chi connectivity index (χ0) is 11.4. The minimum Gasteiger partial charge on any atom is -0.460 e. The van der Waals surface area contributed by atoms with Gasteiger partial charge in [-0.05, 0) is 20.8 Å². The molecule has 0 aromatic heterocycles. The summed E-state index contributed by atoms with van der Waals surface area (Å²) in [5.41, 5.74) is 4.93. The molecule has 2 N–H and O–H groups in total. The first kappa shape index (κ1) is 13.6. The van der Waals surface area contributed by atoms with E-state index in [1.165, 1.54) is 0 Å². The molecule has 0 rings (SSSR count). The first-order valence-electron chi connectivity index (χ1n) is 4.32. The molecular weight excluding hydrogens is 250 g/mol. The topological polar surface area (TPSA) is 69.4 Å². The Labute approximate surface area is 92.3 Å². The maximum absolute atomic E-state index is 11.2. The number of Topliss-reactive ketones (excluding diaryl/α,β-unsaturated/α-hetero) is 1. The van der Waals surface area contributed by atoms with E-state index in [0.717, 1.165) is 0 Å². The fraction of sp³-hybridized carbons (Fsp3) is 0.778. The third-order valence-electron chi connectivity index (χ3n) is 1.35. The van der Waals surface area contributed by atoms with Gasteiger partial charge in [-0.1, -0.05) is 15.9 Å². The van der Waals surface area contributed by atoms with E-state index in [2.05, 4.69) is 15.9 Å². The molecule has 1 atom stereocenters. The largest absolute Gasteiger partial charge is 0.460 e. The monoisotopic (exact) mass is 265 g/mol. The van der Waals surface area contributed by atoms with Crippen LogP contribution in [0.4, 0.5) is 0 Å². The van der Waals surface area contributed by atoms with E-state index >= 15 is 0 Å². The Hall–Kier alpha value is -0.420. The van der Waals surface area contributed by atoms with Gasteiger partial charge in [0, 0.05) is 0 Å². The molecule has 0 heterocycles. The Balaban J connectivity index is 4.01. The van der Waals surface area contributed by atoms with Crippen LogP contribution in [0.1, 0.15) is 27.2 Å². The van der Waals surface area contributed by atoms with Crippen LogP contribution in [0.2, 0.25) is 0 Å². The highest BCUT2D eigenvalue weighted by Gasteiger charge is 2.21. The van der Waals surface area contributed by atoms with Crippen molar-refractivity contribution in [3.63, 3.8) is 0 Å². The molecule has 0 bridgehead atoms. The van der Waals surface area contributed by atoms with E-state index in [4.69, 9.17) is 10.5 Å². The number of ether oxygens (including phenoxy) is 1. The number of carbonyl (C=O) groups is 2. The number of hydrogen-bond acceptors (Lipinski definition) is 4. The lowest BCUT2D eigenvalue weighted by atomic mass is 10.1. The molecule has 0 aliphatic heterocycles. The zero-order valence-electron chi connectivity index (χ0n) is 8.67. The van der Waals surface area contributed by atoms with Gasteiger partial charge < -0.3 is 10.5 Å². The molecule has 0 aliphatic carbocycles. The summed E-state index contributed by atoms with van der Waals surface area (Å²) in [5.74, 6) is -0.643. The van der Waals surface area contributed by atoms with Crippen molar-refractivity contribution in [1.29, 1.82) is 0 Å². The fourth-order valence-electron chi connectivity index (χ4n) is 0.776. The van der Waals surface area contributed by atoms with Crippen molar-refractivity contribution in [3.8, 4) is 0 Å². The second kappa shape index (κ2) is 5.46. The molecule has 14 heavy (non-hydrogen) atoms. The van der Waals surface area contributed by atoms with E-state index in [0.29, 0.717) is 0 Å². The highest BCUT2D eigenvalue weighted by atomic mass is 79.9. The van der Waals surface area contributed by atoms with Gasteiger partial charge in [0.15, 0.2) is 5.78 Å². The Morgan fingerprint density at radius 3 is 2.29 bits per heavy atom. The predicted molar refractivity (Wildman–Crippen MR) is 57.2 cm³/mol. The highest BCUT2D eigenvalue weighted by molar-refractivity contribution is 9.09. The summed E-state index contributed by atoms with van der Waals surface area (Å²) in [4.78, 5) is 22.3. The lowest BCUT2D eigenvalue weighted by Crippen LogP contribution is -2.36. The van der Waals surface area contributed by atoms with Crippen LogP contribution in [0.5, 0.6) is 0 Å². The number of alkyl halides is 1. The van der Waals surface area contributed by atoms with Crippen LogP contribution >= 0.6 is 15.9 Å². The van der Waals surface area contributed by atoms with Crippen LogP contribution in [-0.2, 0) is 14.3 Å². The van der Waals surface area contributed by atoms with Gasteiger partial charge in [-0.25, -0.2) is 0 Å². The Bertz CT molecular complexity index is 223. The quantitative estimate of drug-likeness (QED) is 0.609. The second-order valence-corrected chi connectivity index (χ2v) is 4.56. The minimum absolute atomic E-state index is 0.0678. The van der Waals surface area contributed by atoms with E-state index in [-0.39, 0.29) is 17.5 Å². The maximum atomic E-state index is 11.2. The van der Waals surface area contributed by atoms with Gasteiger partial charge in [-0.2, -0.15) is 0 Å². The number of nitrogens with two attached hydrogens (primary N) is 1. The summed E-state index contributed by atoms with van der Waals surface area (Å²) in [5, 5.41) is 0.164. The summed E-state index contributed by atoms with van der Waals surface area (Å²) < 4.78 is 5.02. The molecule has 0 radical (unpaired) electrons. The molecule has 4 nitrogen and oxygen atoms in total. The van der Waals surface area contributed by atoms with Crippen molar-refractivity contribution in [2.45, 2.75) is 38.8 Å². The smallest absolute Gasteiger partial charge is 0.308 e. The SMILES string of the molecule is CC(C)(C)OC(=O)CC(N)C(=O)CBr. The number of hydrogen-bond donors (Lipinski definition) is 1. The van der Waals surface area contributed by atoms with Crippen molar-refractivity contribution < 1.29 is 14.3 Å². The van der Waals surface area contributed by atoms with Gasteiger partial charge in [0.1, 0.15) is 5.60 Å². The van der Waals surface area contributed by atoms with Crippen molar-refractivity contribution >= 4 is 27.7 Å². The molecule has 0 aromatic rings. The standard InChI is InChI=1S/C9H16BrNO3/c1-9(2,3)14-8(13)4-6(11)7(12)5-10/h6H,4-5,11H2,1-3H3. The fourth-order valence-corrected chi connectivity index (χ4v) is 1.19. The summed E-state index contributed by atoms with van der Waals surface area (Å²) in [6, 6.07) is -0.774. The molecule has 0 amide bonds. The van der Waals surface area contributed by atoms with E-state index in [1.807, 2.05) is 0 Å². The average molecular weight is 266 g/mol. The van der Waals surface area contributed by atoms with Gasteiger partial charge in [0.25, 0.3) is 0 Å². The Morgan fingerprint density at radius 1 is 1.43 bits per heavy atom. The second-order valence-electron chi connectivity index (χ2n) is 4.00. The summed E-state index contributed by atoms with van der Waals surface area (Å²) in [7, 11) is 0. The van der Waals surface area contributed by atoms with E-state index in [9.17, 15) is 9.59 Å². The number of carbonyl (C=O) groups excluding carboxylic acids is 2. The van der Waals surface area contributed by atoms with Gasteiger partial charge in [-0.15, -0.1) is 0 Å². The van der Waals surface area contributed by atoms with Crippen molar-refractivity contribution in [3.05, 3.63) is 0 Å². The Morgan fingerprint density at radius 2 is 1.93 bits per heavy atom. The molecule has 0 spiro atoms. The minimum atomic E-state index is -0.774. The summed E-state index contributed by atoms with van der Waals surface area (Å²) >= 11 is 2.99. The van der Waals surface area contributed by atoms with Crippen molar-refractivity contribution in [1.82, 2.24) is 0 Å². The lowest BCUT2D eigenvalue weighted by molar-refractivity contribution is -0.155. The normalized spacial score (nSPS) is 13.5. The van der Waals surface area contributed by atoms with Crippen molar-refractivity contribution in [2.24, 2.45) is 5.73 Å². The summed E-state index contributed by atoms with van der Waals surface area (Å²) in [6.07, 6.45) is -0.0678. The number of halogens is 1. The van der Waals surface area contributed by atoms with Gasteiger partial charge >= 0.3 is 5.97 Å². The molecule has 5 heteroatoms. The van der Waals surface area contributed by atoms with Gasteiger partial charge in [-0.3, -0.25) is 9.59 Å². The first-order chi connectivity index (χ1) is 6.26. The third kappa shape index (κ3) is 6.10. The summed E-state index contributed by atoms with van der Waals surface area (Å²) in [6.45, 7) is 5.30. The van der Waals surface area contributed by atoms with Crippen LogP contribution in [0, 0.1) is 0 Å². The van der Waals surface area contributed by atoms with Crippen LogP contribution in [0.15, 0.2) is 0 Å². The predicted octanol–water partition coefficient (Wildman–Crippen LogP) is 1.01. The molecule has 1 unspecified atom stereocenters. The number of ketones is 1. The van der Waals surface area contributed by atoms with E-state index in [1.54, 1.807) is 20.8 Å². The highest BCUT2D eigenvalue weighted by Crippen LogP contribution is 2.09.